The van der Waals surface area contributed by atoms with Crippen molar-refractivity contribution in [2.75, 3.05) is 13.7 Å². The zero-order valence-corrected chi connectivity index (χ0v) is 9.10. The third-order valence-corrected chi connectivity index (χ3v) is 2.52. The molecule has 1 N–H and O–H groups in total. The Kier molecular flexibility index (Phi) is 4.08. The Balaban J connectivity index is 2.60. The molecule has 0 unspecified atom stereocenters. The van der Waals surface area contributed by atoms with Crippen LogP contribution < -0.4 is 0 Å². The van der Waals surface area contributed by atoms with E-state index in [0.29, 0.717) is 13.0 Å². The predicted octanol–water partition coefficient (Wildman–Crippen LogP) is -0.0787. The lowest BCUT2D eigenvalue weighted by Crippen LogP contribution is -2.41. The molecule has 86 valence electrons. The summed E-state index contributed by atoms with van der Waals surface area (Å²) < 4.78 is 4.62. The largest absolute Gasteiger partial charge is 0.467 e. The second-order valence-electron chi connectivity index (χ2n) is 3.82. The molecule has 1 aliphatic heterocycles. The van der Waals surface area contributed by atoms with E-state index in [4.69, 9.17) is 5.11 Å². The SMILES string of the molecule is COC(=O)[C@@H]1CCCN1C(=O)C[C@@H](C)O. The number of hydrogen-bond acceptors (Lipinski definition) is 4. The minimum absolute atomic E-state index is 0.0630. The van der Waals surface area contributed by atoms with E-state index in [-0.39, 0.29) is 18.3 Å². The molecule has 0 aromatic rings. The molecule has 0 aliphatic carbocycles. The van der Waals surface area contributed by atoms with Crippen LogP contribution in [-0.4, -0.2) is 47.7 Å². The second kappa shape index (κ2) is 5.11. The van der Waals surface area contributed by atoms with Crippen molar-refractivity contribution in [1.82, 2.24) is 4.90 Å². The summed E-state index contributed by atoms with van der Waals surface area (Å²) in [6.45, 7) is 2.13. The number of carbonyl (C=O) groups is 2. The summed E-state index contributed by atoms with van der Waals surface area (Å²) in [5, 5.41) is 9.10. The number of carbonyl (C=O) groups excluding carboxylic acids is 2. The number of ether oxygens (including phenoxy) is 1. The zero-order chi connectivity index (χ0) is 11.4. The molecule has 5 nitrogen and oxygen atoms in total. The minimum Gasteiger partial charge on any atom is -0.467 e. The van der Waals surface area contributed by atoms with Gasteiger partial charge in [-0.15, -0.1) is 0 Å². The third kappa shape index (κ3) is 2.92. The van der Waals surface area contributed by atoms with E-state index >= 15 is 0 Å². The van der Waals surface area contributed by atoms with Crippen molar-refractivity contribution in [3.05, 3.63) is 0 Å². The molecule has 0 aromatic carbocycles. The van der Waals surface area contributed by atoms with Gasteiger partial charge in [0.05, 0.1) is 19.6 Å². The zero-order valence-electron chi connectivity index (χ0n) is 9.10. The average Bonchev–Trinajstić information content (AvgIpc) is 2.63. The number of likely N-dealkylation sites (tertiary alicyclic amines) is 1. The van der Waals surface area contributed by atoms with Gasteiger partial charge in [-0.25, -0.2) is 4.79 Å². The molecule has 1 saturated heterocycles. The molecule has 1 heterocycles. The Morgan fingerprint density at radius 2 is 2.27 bits per heavy atom. The molecule has 0 radical (unpaired) electrons. The first-order valence-corrected chi connectivity index (χ1v) is 5.11. The number of rotatable bonds is 3. The van der Waals surface area contributed by atoms with E-state index in [9.17, 15) is 9.59 Å². The van der Waals surface area contributed by atoms with Crippen molar-refractivity contribution in [2.24, 2.45) is 0 Å². The average molecular weight is 215 g/mol. The molecular formula is C10H17NO4. The van der Waals surface area contributed by atoms with Crippen molar-refractivity contribution < 1.29 is 19.4 Å². The number of aliphatic hydroxyl groups excluding tert-OH is 1. The van der Waals surface area contributed by atoms with Gasteiger partial charge in [-0.3, -0.25) is 4.79 Å². The van der Waals surface area contributed by atoms with Gasteiger partial charge in [0, 0.05) is 6.54 Å². The summed E-state index contributed by atoms with van der Waals surface area (Å²) in [5.74, 6) is -0.552. The maximum atomic E-state index is 11.6. The molecule has 0 saturated carbocycles. The third-order valence-electron chi connectivity index (χ3n) is 2.52. The molecule has 0 bridgehead atoms. The van der Waals surface area contributed by atoms with Crippen LogP contribution in [0.3, 0.4) is 0 Å². The standard InChI is InChI=1S/C10H17NO4/c1-7(12)6-9(13)11-5-3-4-8(11)10(14)15-2/h7-8,12H,3-6H2,1-2H3/t7-,8+/m1/s1. The van der Waals surface area contributed by atoms with E-state index in [2.05, 4.69) is 4.74 Å². The Hall–Kier alpha value is -1.10. The Bertz CT molecular complexity index is 252. The van der Waals surface area contributed by atoms with E-state index in [1.54, 1.807) is 6.92 Å². The second-order valence-corrected chi connectivity index (χ2v) is 3.82. The van der Waals surface area contributed by atoms with Crippen LogP contribution in [0.5, 0.6) is 0 Å². The first kappa shape index (κ1) is 12.0. The van der Waals surface area contributed by atoms with E-state index in [1.165, 1.54) is 12.0 Å². The van der Waals surface area contributed by atoms with Gasteiger partial charge in [0.2, 0.25) is 5.91 Å². The highest BCUT2D eigenvalue weighted by atomic mass is 16.5. The van der Waals surface area contributed by atoms with E-state index < -0.39 is 12.1 Å². The highest BCUT2D eigenvalue weighted by Crippen LogP contribution is 2.19. The normalized spacial score (nSPS) is 22.6. The van der Waals surface area contributed by atoms with E-state index in [1.807, 2.05) is 0 Å². The van der Waals surface area contributed by atoms with Crippen molar-refractivity contribution in [1.29, 1.82) is 0 Å². The predicted molar refractivity (Wildman–Crippen MR) is 53.0 cm³/mol. The maximum Gasteiger partial charge on any atom is 0.328 e. The van der Waals surface area contributed by atoms with E-state index in [0.717, 1.165) is 6.42 Å². The minimum atomic E-state index is -0.670. The molecule has 0 aromatic heterocycles. The lowest BCUT2D eigenvalue weighted by Gasteiger charge is -2.23. The number of aliphatic hydroxyl groups is 1. The van der Waals surface area contributed by atoms with Crippen LogP contribution >= 0.6 is 0 Å². The summed E-state index contributed by atoms with van der Waals surface area (Å²) in [7, 11) is 1.32. The van der Waals surface area contributed by atoms with Crippen molar-refractivity contribution in [3.8, 4) is 0 Å². The van der Waals surface area contributed by atoms with Crippen LogP contribution in [0.4, 0.5) is 0 Å². The molecular weight excluding hydrogens is 198 g/mol. The van der Waals surface area contributed by atoms with Gasteiger partial charge >= 0.3 is 5.97 Å². The highest BCUT2D eigenvalue weighted by Gasteiger charge is 2.34. The van der Waals surface area contributed by atoms with Crippen LogP contribution in [-0.2, 0) is 14.3 Å². The summed E-state index contributed by atoms with van der Waals surface area (Å²) >= 11 is 0. The molecule has 1 aliphatic rings. The number of methoxy groups -OCH3 is 1. The number of amides is 1. The lowest BCUT2D eigenvalue weighted by molar-refractivity contribution is -0.151. The summed E-state index contributed by atoms with van der Waals surface area (Å²) in [5.41, 5.74) is 0. The van der Waals surface area contributed by atoms with Crippen LogP contribution in [0.15, 0.2) is 0 Å². The van der Waals surface area contributed by atoms with Crippen molar-refractivity contribution in [2.45, 2.75) is 38.3 Å². The molecule has 1 fully saturated rings. The fraction of sp³-hybridized carbons (Fsp3) is 0.800. The van der Waals surface area contributed by atoms with Crippen molar-refractivity contribution in [3.63, 3.8) is 0 Å². The molecule has 1 rings (SSSR count). The summed E-state index contributed by atoms with van der Waals surface area (Å²) in [4.78, 5) is 24.5. The van der Waals surface area contributed by atoms with Gasteiger partial charge in [-0.2, -0.15) is 0 Å². The smallest absolute Gasteiger partial charge is 0.328 e. The lowest BCUT2D eigenvalue weighted by atomic mass is 10.2. The monoisotopic (exact) mass is 215 g/mol. The van der Waals surface area contributed by atoms with Gasteiger partial charge in [0.15, 0.2) is 0 Å². The molecule has 0 spiro atoms. The van der Waals surface area contributed by atoms with Gasteiger partial charge in [0.25, 0.3) is 0 Å². The van der Waals surface area contributed by atoms with Gasteiger partial charge in [-0.05, 0) is 19.8 Å². The number of esters is 1. The quantitative estimate of drug-likeness (QED) is 0.669. The van der Waals surface area contributed by atoms with Crippen LogP contribution in [0.25, 0.3) is 0 Å². The van der Waals surface area contributed by atoms with Crippen molar-refractivity contribution >= 4 is 11.9 Å². The Labute approximate surface area is 89.0 Å². The van der Waals surface area contributed by atoms with Gasteiger partial charge < -0.3 is 14.7 Å². The summed E-state index contributed by atoms with van der Waals surface area (Å²) in [6.07, 6.45) is 0.855. The van der Waals surface area contributed by atoms with Gasteiger partial charge in [0.1, 0.15) is 6.04 Å². The topological polar surface area (TPSA) is 66.8 Å². The van der Waals surface area contributed by atoms with Crippen LogP contribution in [0, 0.1) is 0 Å². The van der Waals surface area contributed by atoms with Crippen LogP contribution in [0.1, 0.15) is 26.2 Å². The molecule has 1 amide bonds. The first-order chi connectivity index (χ1) is 7.06. The van der Waals surface area contributed by atoms with Crippen LogP contribution in [0.2, 0.25) is 0 Å². The first-order valence-electron chi connectivity index (χ1n) is 5.11. The summed E-state index contributed by atoms with van der Waals surface area (Å²) in [6, 6.07) is -0.457. The highest BCUT2D eigenvalue weighted by molar-refractivity contribution is 5.85. The number of nitrogens with zero attached hydrogens (tertiary/aromatic N) is 1. The molecule has 5 heteroatoms. The fourth-order valence-electron chi connectivity index (χ4n) is 1.82. The Morgan fingerprint density at radius 3 is 2.80 bits per heavy atom. The molecule has 2 atom stereocenters. The number of hydrogen-bond donors (Lipinski definition) is 1. The fourth-order valence-corrected chi connectivity index (χ4v) is 1.82. The molecule has 15 heavy (non-hydrogen) atoms. The van der Waals surface area contributed by atoms with Gasteiger partial charge in [-0.1, -0.05) is 0 Å². The Morgan fingerprint density at radius 1 is 1.60 bits per heavy atom. The maximum absolute atomic E-state index is 11.6.